The number of rotatable bonds is 6. The molecule has 18 heavy (non-hydrogen) atoms. The molecule has 0 aliphatic heterocycles. The largest absolute Gasteiger partial charge is 0.382 e. The number of hydrogen-bond donors (Lipinski definition) is 0. The van der Waals surface area contributed by atoms with Gasteiger partial charge in [-0.05, 0) is 24.3 Å². The van der Waals surface area contributed by atoms with Crippen LogP contribution in [-0.4, -0.2) is 37.7 Å². The van der Waals surface area contributed by atoms with Crippen molar-refractivity contribution in [1.82, 2.24) is 4.98 Å². The van der Waals surface area contributed by atoms with E-state index in [2.05, 4.69) is 4.98 Å². The standard InChI is InChI=1S/C14H15NO3/c1-17-7-8-18-10-14(16)12-4-5-13-11(9-12)3-2-6-15-13/h2-6,9H,7-8,10H2,1H3. The highest BCUT2D eigenvalue weighted by Crippen LogP contribution is 2.13. The maximum Gasteiger partial charge on any atom is 0.188 e. The lowest BCUT2D eigenvalue weighted by Gasteiger charge is -2.04. The van der Waals surface area contributed by atoms with E-state index in [9.17, 15) is 4.79 Å². The molecule has 4 heteroatoms. The molecule has 0 unspecified atom stereocenters. The summed E-state index contributed by atoms with van der Waals surface area (Å²) in [6.07, 6.45) is 1.73. The Morgan fingerprint density at radius 3 is 3.00 bits per heavy atom. The van der Waals surface area contributed by atoms with Crippen molar-refractivity contribution in [2.24, 2.45) is 0 Å². The Hall–Kier alpha value is -1.78. The van der Waals surface area contributed by atoms with E-state index in [1.54, 1.807) is 19.4 Å². The number of methoxy groups -OCH3 is 1. The van der Waals surface area contributed by atoms with Crippen LogP contribution in [0.4, 0.5) is 0 Å². The first kappa shape index (κ1) is 12.7. The molecule has 0 spiro atoms. The van der Waals surface area contributed by atoms with Crippen LogP contribution >= 0.6 is 0 Å². The van der Waals surface area contributed by atoms with Gasteiger partial charge in [0.05, 0.1) is 18.7 Å². The number of pyridine rings is 1. The van der Waals surface area contributed by atoms with E-state index < -0.39 is 0 Å². The molecule has 1 heterocycles. The Morgan fingerprint density at radius 2 is 2.17 bits per heavy atom. The zero-order chi connectivity index (χ0) is 12.8. The highest BCUT2D eigenvalue weighted by Gasteiger charge is 2.06. The van der Waals surface area contributed by atoms with Crippen LogP contribution in [0.25, 0.3) is 10.9 Å². The van der Waals surface area contributed by atoms with Crippen LogP contribution in [-0.2, 0) is 9.47 Å². The Kier molecular flexibility index (Phi) is 4.39. The third-order valence-corrected chi connectivity index (χ3v) is 2.59. The number of hydrogen-bond acceptors (Lipinski definition) is 4. The molecule has 1 aromatic heterocycles. The molecule has 4 nitrogen and oxygen atoms in total. The summed E-state index contributed by atoms with van der Waals surface area (Å²) in [5, 5.41) is 0.959. The Labute approximate surface area is 106 Å². The SMILES string of the molecule is COCCOCC(=O)c1ccc2ncccc2c1. The lowest BCUT2D eigenvalue weighted by Crippen LogP contribution is -2.12. The van der Waals surface area contributed by atoms with Gasteiger partial charge < -0.3 is 9.47 Å². The number of nitrogens with zero attached hydrogens (tertiary/aromatic N) is 1. The molecule has 0 amide bonds. The van der Waals surface area contributed by atoms with Gasteiger partial charge in [0.25, 0.3) is 0 Å². The monoisotopic (exact) mass is 245 g/mol. The number of fused-ring (bicyclic) bond motifs is 1. The molecule has 0 radical (unpaired) electrons. The smallest absolute Gasteiger partial charge is 0.188 e. The third kappa shape index (κ3) is 3.12. The number of carbonyl (C=O) groups is 1. The van der Waals surface area contributed by atoms with Crippen molar-refractivity contribution in [3.63, 3.8) is 0 Å². The minimum atomic E-state index is -0.0307. The molecule has 2 aromatic rings. The summed E-state index contributed by atoms with van der Waals surface area (Å²) in [5.74, 6) is -0.0307. The van der Waals surface area contributed by atoms with Gasteiger partial charge in [-0.15, -0.1) is 0 Å². The Balaban J connectivity index is 2.04. The molecule has 94 valence electrons. The molecule has 0 N–H and O–H groups in total. The zero-order valence-corrected chi connectivity index (χ0v) is 10.3. The summed E-state index contributed by atoms with van der Waals surface area (Å²) in [6.45, 7) is 1.00. The summed E-state index contributed by atoms with van der Waals surface area (Å²) >= 11 is 0. The average molecular weight is 245 g/mol. The van der Waals surface area contributed by atoms with Crippen LogP contribution in [0, 0.1) is 0 Å². The van der Waals surface area contributed by atoms with Crippen molar-refractivity contribution >= 4 is 16.7 Å². The summed E-state index contributed by atoms with van der Waals surface area (Å²) in [7, 11) is 1.60. The van der Waals surface area contributed by atoms with Crippen LogP contribution < -0.4 is 0 Å². The second-order valence-corrected chi connectivity index (χ2v) is 3.88. The second kappa shape index (κ2) is 6.23. The molecule has 0 bridgehead atoms. The quantitative estimate of drug-likeness (QED) is 0.577. The fourth-order valence-corrected chi connectivity index (χ4v) is 1.64. The normalized spacial score (nSPS) is 10.7. The highest BCUT2D eigenvalue weighted by molar-refractivity contribution is 6.00. The molecule has 2 rings (SSSR count). The Bertz CT molecular complexity index is 539. The molecule has 0 saturated carbocycles. The minimum absolute atomic E-state index is 0.0307. The van der Waals surface area contributed by atoms with Gasteiger partial charge >= 0.3 is 0 Å². The van der Waals surface area contributed by atoms with E-state index in [0.717, 1.165) is 10.9 Å². The van der Waals surface area contributed by atoms with E-state index in [1.807, 2.05) is 24.3 Å². The third-order valence-electron chi connectivity index (χ3n) is 2.59. The molecule has 0 aliphatic rings. The topological polar surface area (TPSA) is 48.4 Å². The zero-order valence-electron chi connectivity index (χ0n) is 10.3. The summed E-state index contributed by atoms with van der Waals surface area (Å²) in [6, 6.07) is 9.25. The predicted molar refractivity (Wildman–Crippen MR) is 68.8 cm³/mol. The lowest BCUT2D eigenvalue weighted by atomic mass is 10.1. The van der Waals surface area contributed by atoms with Gasteiger partial charge in [0, 0.05) is 24.3 Å². The number of Topliss-reactive ketones (excluding diaryl/α,β-unsaturated/α-hetero) is 1. The fraction of sp³-hybridized carbons (Fsp3) is 0.286. The van der Waals surface area contributed by atoms with Crippen LogP contribution in [0.2, 0.25) is 0 Å². The molecule has 0 atom stereocenters. The van der Waals surface area contributed by atoms with Crippen LogP contribution in [0.1, 0.15) is 10.4 Å². The van der Waals surface area contributed by atoms with Gasteiger partial charge in [-0.2, -0.15) is 0 Å². The summed E-state index contributed by atoms with van der Waals surface area (Å²) in [5.41, 5.74) is 1.53. The molecule has 0 aliphatic carbocycles. The number of aromatic nitrogens is 1. The van der Waals surface area contributed by atoms with Crippen LogP contribution in [0.3, 0.4) is 0 Å². The minimum Gasteiger partial charge on any atom is -0.382 e. The highest BCUT2D eigenvalue weighted by atomic mass is 16.5. The van der Waals surface area contributed by atoms with E-state index >= 15 is 0 Å². The van der Waals surface area contributed by atoms with Gasteiger partial charge in [-0.25, -0.2) is 0 Å². The fourth-order valence-electron chi connectivity index (χ4n) is 1.64. The molecule has 0 fully saturated rings. The van der Waals surface area contributed by atoms with Crippen molar-refractivity contribution < 1.29 is 14.3 Å². The van der Waals surface area contributed by atoms with Crippen molar-refractivity contribution in [3.05, 3.63) is 42.1 Å². The number of carbonyl (C=O) groups excluding carboxylic acids is 1. The van der Waals surface area contributed by atoms with E-state index in [-0.39, 0.29) is 12.4 Å². The first-order chi connectivity index (χ1) is 8.81. The maximum atomic E-state index is 11.9. The van der Waals surface area contributed by atoms with Gasteiger partial charge in [0.2, 0.25) is 0 Å². The molecule has 1 aromatic carbocycles. The summed E-state index contributed by atoms with van der Waals surface area (Å²) < 4.78 is 10.1. The van der Waals surface area contributed by atoms with Crippen molar-refractivity contribution in [2.75, 3.05) is 26.9 Å². The van der Waals surface area contributed by atoms with E-state index in [0.29, 0.717) is 18.8 Å². The first-order valence-corrected chi connectivity index (χ1v) is 5.76. The maximum absolute atomic E-state index is 11.9. The van der Waals surface area contributed by atoms with Gasteiger partial charge in [-0.3, -0.25) is 9.78 Å². The Morgan fingerprint density at radius 1 is 1.28 bits per heavy atom. The van der Waals surface area contributed by atoms with E-state index in [4.69, 9.17) is 9.47 Å². The number of benzene rings is 1. The second-order valence-electron chi connectivity index (χ2n) is 3.88. The molecular weight excluding hydrogens is 230 g/mol. The van der Waals surface area contributed by atoms with Crippen LogP contribution in [0.5, 0.6) is 0 Å². The lowest BCUT2D eigenvalue weighted by molar-refractivity contribution is 0.0577. The molecular formula is C14H15NO3. The van der Waals surface area contributed by atoms with Gasteiger partial charge in [0.1, 0.15) is 6.61 Å². The average Bonchev–Trinajstić information content (AvgIpc) is 2.43. The number of ether oxygens (including phenoxy) is 2. The first-order valence-electron chi connectivity index (χ1n) is 5.76. The van der Waals surface area contributed by atoms with Gasteiger partial charge in [-0.1, -0.05) is 6.07 Å². The summed E-state index contributed by atoms with van der Waals surface area (Å²) in [4.78, 5) is 16.1. The van der Waals surface area contributed by atoms with Crippen molar-refractivity contribution in [3.8, 4) is 0 Å². The van der Waals surface area contributed by atoms with Crippen LogP contribution in [0.15, 0.2) is 36.5 Å². The van der Waals surface area contributed by atoms with Crippen molar-refractivity contribution in [1.29, 1.82) is 0 Å². The van der Waals surface area contributed by atoms with Crippen molar-refractivity contribution in [2.45, 2.75) is 0 Å². The van der Waals surface area contributed by atoms with E-state index in [1.165, 1.54) is 0 Å². The predicted octanol–water partition coefficient (Wildman–Crippen LogP) is 2.08. The van der Waals surface area contributed by atoms with Gasteiger partial charge in [0.15, 0.2) is 5.78 Å². The molecule has 0 saturated heterocycles. The number of ketones is 1.